The van der Waals surface area contributed by atoms with Crippen LogP contribution in [0.25, 0.3) is 0 Å². The van der Waals surface area contributed by atoms with E-state index in [1.807, 2.05) is 19.1 Å². The van der Waals surface area contributed by atoms with Crippen LogP contribution in [0.5, 0.6) is 0 Å². The number of nitrogens with zero attached hydrogens (tertiary/aromatic N) is 1. The number of aryl methyl sites for hydroxylation is 2. The fourth-order valence-electron chi connectivity index (χ4n) is 2.42. The Labute approximate surface area is 97.1 Å². The molecule has 0 bridgehead atoms. The number of hydrogen-bond donors (Lipinski definition) is 0. The molecule has 1 fully saturated rings. The highest BCUT2D eigenvalue weighted by Crippen LogP contribution is 2.24. The van der Waals surface area contributed by atoms with E-state index in [-0.39, 0.29) is 0 Å². The van der Waals surface area contributed by atoms with Crippen molar-refractivity contribution < 1.29 is 4.79 Å². The van der Waals surface area contributed by atoms with Gasteiger partial charge in [0.05, 0.1) is 0 Å². The van der Waals surface area contributed by atoms with Gasteiger partial charge >= 0.3 is 0 Å². The standard InChI is InChI=1S/C14H19NO/c1-11-5-4-7-13(15-11)10-9-12-6-2-3-8-14(12)16/h4-5,7,12H,2-3,6,8-10H2,1H3. The first-order valence-electron chi connectivity index (χ1n) is 6.21. The van der Waals surface area contributed by atoms with Gasteiger partial charge in [0.25, 0.3) is 0 Å². The number of carbonyl (C=O) groups is 1. The van der Waals surface area contributed by atoms with Crippen LogP contribution in [0.2, 0.25) is 0 Å². The average molecular weight is 217 g/mol. The molecule has 1 heterocycles. The van der Waals surface area contributed by atoms with Crippen molar-refractivity contribution >= 4 is 5.78 Å². The molecule has 1 saturated carbocycles. The van der Waals surface area contributed by atoms with E-state index in [4.69, 9.17) is 0 Å². The Hall–Kier alpha value is -1.18. The van der Waals surface area contributed by atoms with Crippen LogP contribution in [0.15, 0.2) is 18.2 Å². The second kappa shape index (κ2) is 5.24. The highest BCUT2D eigenvalue weighted by molar-refractivity contribution is 5.81. The molecular weight excluding hydrogens is 198 g/mol. The van der Waals surface area contributed by atoms with Gasteiger partial charge in [-0.1, -0.05) is 12.5 Å². The molecule has 1 aliphatic rings. The van der Waals surface area contributed by atoms with E-state index in [2.05, 4.69) is 11.1 Å². The van der Waals surface area contributed by atoms with Crippen molar-refractivity contribution in [3.05, 3.63) is 29.6 Å². The predicted octanol–water partition coefficient (Wildman–Crippen LogP) is 3.08. The summed E-state index contributed by atoms with van der Waals surface area (Å²) in [7, 11) is 0. The van der Waals surface area contributed by atoms with Crippen molar-refractivity contribution in [3.8, 4) is 0 Å². The molecule has 0 aromatic carbocycles. The normalized spacial score (nSPS) is 21.1. The van der Waals surface area contributed by atoms with Crippen molar-refractivity contribution in [2.24, 2.45) is 5.92 Å². The van der Waals surface area contributed by atoms with Gasteiger partial charge in [0.1, 0.15) is 5.78 Å². The Morgan fingerprint density at radius 3 is 3.00 bits per heavy atom. The van der Waals surface area contributed by atoms with Crippen molar-refractivity contribution in [2.75, 3.05) is 0 Å². The Bertz CT molecular complexity index is 373. The third-order valence-electron chi connectivity index (χ3n) is 3.38. The van der Waals surface area contributed by atoms with Crippen molar-refractivity contribution in [1.29, 1.82) is 0 Å². The number of rotatable bonds is 3. The molecular formula is C14H19NO. The number of pyridine rings is 1. The lowest BCUT2D eigenvalue weighted by atomic mass is 9.84. The maximum atomic E-state index is 11.7. The van der Waals surface area contributed by atoms with Gasteiger partial charge in [-0.25, -0.2) is 0 Å². The SMILES string of the molecule is Cc1cccc(CCC2CCCCC2=O)n1. The third kappa shape index (κ3) is 2.91. The molecule has 2 heteroatoms. The molecule has 0 spiro atoms. The molecule has 1 aliphatic carbocycles. The first-order chi connectivity index (χ1) is 7.75. The lowest BCUT2D eigenvalue weighted by molar-refractivity contribution is -0.124. The summed E-state index contributed by atoms with van der Waals surface area (Å²) in [5, 5.41) is 0. The molecule has 0 aliphatic heterocycles. The van der Waals surface area contributed by atoms with E-state index in [9.17, 15) is 4.79 Å². The topological polar surface area (TPSA) is 30.0 Å². The highest BCUT2D eigenvalue weighted by atomic mass is 16.1. The van der Waals surface area contributed by atoms with Crippen LogP contribution >= 0.6 is 0 Å². The zero-order valence-electron chi connectivity index (χ0n) is 9.91. The molecule has 1 atom stereocenters. The summed E-state index contributed by atoms with van der Waals surface area (Å²) in [6, 6.07) is 6.11. The average Bonchev–Trinajstić information content (AvgIpc) is 2.28. The van der Waals surface area contributed by atoms with Gasteiger partial charge in [-0.3, -0.25) is 9.78 Å². The van der Waals surface area contributed by atoms with Crippen molar-refractivity contribution in [1.82, 2.24) is 4.98 Å². The van der Waals surface area contributed by atoms with Crippen LogP contribution in [-0.2, 0) is 11.2 Å². The van der Waals surface area contributed by atoms with Gasteiger partial charge in [-0.15, -0.1) is 0 Å². The van der Waals surface area contributed by atoms with Gasteiger partial charge in [0, 0.05) is 23.7 Å². The summed E-state index contributed by atoms with van der Waals surface area (Å²) in [6.07, 6.45) is 6.12. The minimum atomic E-state index is 0.302. The number of aromatic nitrogens is 1. The fourth-order valence-corrected chi connectivity index (χ4v) is 2.42. The summed E-state index contributed by atoms with van der Waals surface area (Å²) in [5.41, 5.74) is 2.19. The zero-order chi connectivity index (χ0) is 11.4. The summed E-state index contributed by atoms with van der Waals surface area (Å²) in [4.78, 5) is 16.1. The molecule has 0 saturated heterocycles. The van der Waals surface area contributed by atoms with E-state index in [0.29, 0.717) is 11.7 Å². The van der Waals surface area contributed by atoms with Gasteiger partial charge in [-0.2, -0.15) is 0 Å². The zero-order valence-corrected chi connectivity index (χ0v) is 9.91. The first kappa shape index (κ1) is 11.3. The summed E-state index contributed by atoms with van der Waals surface area (Å²) in [5.74, 6) is 0.773. The molecule has 0 amide bonds. The van der Waals surface area contributed by atoms with E-state index in [0.717, 1.165) is 43.5 Å². The second-order valence-corrected chi connectivity index (χ2v) is 4.72. The largest absolute Gasteiger partial charge is 0.299 e. The third-order valence-corrected chi connectivity index (χ3v) is 3.38. The Morgan fingerprint density at radius 1 is 1.38 bits per heavy atom. The molecule has 1 aromatic rings. The fraction of sp³-hybridized carbons (Fsp3) is 0.571. The predicted molar refractivity (Wildman–Crippen MR) is 64.3 cm³/mol. The molecule has 2 rings (SSSR count). The molecule has 86 valence electrons. The van der Waals surface area contributed by atoms with E-state index < -0.39 is 0 Å². The van der Waals surface area contributed by atoms with Crippen LogP contribution in [0.1, 0.15) is 43.5 Å². The maximum absolute atomic E-state index is 11.7. The summed E-state index contributed by atoms with van der Waals surface area (Å²) in [6.45, 7) is 2.01. The van der Waals surface area contributed by atoms with Crippen LogP contribution in [0, 0.1) is 12.8 Å². The lowest BCUT2D eigenvalue weighted by Crippen LogP contribution is -2.19. The first-order valence-corrected chi connectivity index (χ1v) is 6.21. The Balaban J connectivity index is 1.89. The molecule has 2 nitrogen and oxygen atoms in total. The maximum Gasteiger partial charge on any atom is 0.135 e. The minimum Gasteiger partial charge on any atom is -0.299 e. The van der Waals surface area contributed by atoms with Gasteiger partial charge in [0.15, 0.2) is 0 Å². The summed E-state index contributed by atoms with van der Waals surface area (Å²) >= 11 is 0. The van der Waals surface area contributed by atoms with Gasteiger partial charge in [-0.05, 0) is 44.7 Å². The molecule has 1 aromatic heterocycles. The molecule has 1 unspecified atom stereocenters. The Kier molecular flexibility index (Phi) is 3.70. The van der Waals surface area contributed by atoms with E-state index in [1.165, 1.54) is 6.42 Å². The quantitative estimate of drug-likeness (QED) is 0.778. The number of carbonyl (C=O) groups excluding carboxylic acids is 1. The van der Waals surface area contributed by atoms with E-state index >= 15 is 0 Å². The molecule has 0 radical (unpaired) electrons. The summed E-state index contributed by atoms with van der Waals surface area (Å²) < 4.78 is 0. The minimum absolute atomic E-state index is 0.302. The highest BCUT2D eigenvalue weighted by Gasteiger charge is 2.21. The number of Topliss-reactive ketones (excluding diaryl/α,β-unsaturated/α-hetero) is 1. The van der Waals surface area contributed by atoms with Gasteiger partial charge in [0.2, 0.25) is 0 Å². The number of ketones is 1. The van der Waals surface area contributed by atoms with Crippen molar-refractivity contribution in [3.63, 3.8) is 0 Å². The van der Waals surface area contributed by atoms with Crippen LogP contribution in [-0.4, -0.2) is 10.8 Å². The molecule has 0 N–H and O–H groups in total. The van der Waals surface area contributed by atoms with Gasteiger partial charge < -0.3 is 0 Å². The van der Waals surface area contributed by atoms with Crippen LogP contribution in [0.3, 0.4) is 0 Å². The monoisotopic (exact) mass is 217 g/mol. The lowest BCUT2D eigenvalue weighted by Gasteiger charge is -2.19. The Morgan fingerprint density at radius 2 is 2.25 bits per heavy atom. The van der Waals surface area contributed by atoms with E-state index in [1.54, 1.807) is 0 Å². The van der Waals surface area contributed by atoms with Crippen LogP contribution in [0.4, 0.5) is 0 Å². The van der Waals surface area contributed by atoms with Crippen molar-refractivity contribution in [2.45, 2.75) is 45.4 Å². The number of hydrogen-bond acceptors (Lipinski definition) is 2. The smallest absolute Gasteiger partial charge is 0.135 e. The van der Waals surface area contributed by atoms with Crippen LogP contribution < -0.4 is 0 Å². The molecule has 16 heavy (non-hydrogen) atoms. The second-order valence-electron chi connectivity index (χ2n) is 4.72.